The highest BCUT2D eigenvalue weighted by atomic mass is 32.2. The molecule has 0 aliphatic carbocycles. The number of benzene rings is 2. The standard InChI is InChI=1S/C17H18O3S/c1-2-17(19)13-3-7-15(8-4-13)21-16-9-5-14(6-10-16)20-12-11-18/h3-10,18H,2,11-12H2,1H3. The Bertz CT molecular complexity index is 576. The van der Waals surface area contributed by atoms with E-state index >= 15 is 0 Å². The Morgan fingerprint density at radius 1 is 1.05 bits per heavy atom. The maximum absolute atomic E-state index is 11.6. The molecule has 0 saturated carbocycles. The van der Waals surface area contributed by atoms with Crippen molar-refractivity contribution < 1.29 is 14.6 Å². The molecule has 110 valence electrons. The molecule has 3 nitrogen and oxygen atoms in total. The number of ether oxygens (including phenoxy) is 1. The lowest BCUT2D eigenvalue weighted by molar-refractivity contribution is 0.0988. The molecule has 0 saturated heterocycles. The van der Waals surface area contributed by atoms with E-state index in [1.165, 1.54) is 0 Å². The summed E-state index contributed by atoms with van der Waals surface area (Å²) in [4.78, 5) is 13.8. The molecule has 0 atom stereocenters. The Hall–Kier alpha value is -1.78. The van der Waals surface area contributed by atoms with Crippen molar-refractivity contribution in [3.63, 3.8) is 0 Å². The van der Waals surface area contributed by atoms with Crippen LogP contribution in [0.3, 0.4) is 0 Å². The van der Waals surface area contributed by atoms with E-state index in [0.717, 1.165) is 21.1 Å². The van der Waals surface area contributed by atoms with Crippen LogP contribution >= 0.6 is 11.8 Å². The average molecular weight is 302 g/mol. The fraction of sp³-hybridized carbons (Fsp3) is 0.235. The van der Waals surface area contributed by atoms with Crippen LogP contribution in [0.25, 0.3) is 0 Å². The minimum atomic E-state index is 0.0132. The molecular formula is C17H18O3S. The first-order valence-electron chi connectivity index (χ1n) is 6.87. The zero-order valence-corrected chi connectivity index (χ0v) is 12.7. The Kier molecular flexibility index (Phi) is 5.84. The summed E-state index contributed by atoms with van der Waals surface area (Å²) in [5.74, 6) is 0.911. The van der Waals surface area contributed by atoms with Crippen LogP contribution in [0.1, 0.15) is 23.7 Å². The molecule has 2 rings (SSSR count). The predicted molar refractivity (Wildman–Crippen MR) is 84.2 cm³/mol. The van der Waals surface area contributed by atoms with Crippen molar-refractivity contribution in [1.29, 1.82) is 0 Å². The summed E-state index contributed by atoms with van der Waals surface area (Å²) in [5, 5.41) is 8.70. The van der Waals surface area contributed by atoms with Crippen molar-refractivity contribution in [2.45, 2.75) is 23.1 Å². The summed E-state index contributed by atoms with van der Waals surface area (Å²) >= 11 is 1.63. The van der Waals surface area contributed by atoms with Crippen LogP contribution in [0, 0.1) is 0 Å². The Morgan fingerprint density at radius 2 is 1.62 bits per heavy atom. The number of carbonyl (C=O) groups is 1. The molecule has 4 heteroatoms. The molecule has 0 aliphatic heterocycles. The van der Waals surface area contributed by atoms with Gasteiger partial charge in [-0.1, -0.05) is 30.8 Å². The van der Waals surface area contributed by atoms with Crippen LogP contribution in [0.4, 0.5) is 0 Å². The fourth-order valence-electron chi connectivity index (χ4n) is 1.82. The lowest BCUT2D eigenvalue weighted by atomic mass is 10.1. The molecule has 0 bridgehead atoms. The minimum Gasteiger partial charge on any atom is -0.491 e. The molecule has 1 N–H and O–H groups in total. The molecule has 0 heterocycles. The fourth-order valence-corrected chi connectivity index (χ4v) is 2.63. The van der Waals surface area contributed by atoms with E-state index in [1.54, 1.807) is 11.8 Å². The number of hydrogen-bond donors (Lipinski definition) is 1. The number of rotatable bonds is 7. The van der Waals surface area contributed by atoms with Crippen molar-refractivity contribution in [1.82, 2.24) is 0 Å². The van der Waals surface area contributed by atoms with Crippen molar-refractivity contribution in [2.75, 3.05) is 13.2 Å². The molecule has 2 aromatic carbocycles. The second kappa shape index (κ2) is 7.86. The maximum atomic E-state index is 11.6. The quantitative estimate of drug-likeness (QED) is 0.790. The average Bonchev–Trinajstić information content (AvgIpc) is 2.54. The molecule has 0 amide bonds. The van der Waals surface area contributed by atoms with Gasteiger partial charge in [0.25, 0.3) is 0 Å². The summed E-state index contributed by atoms with van der Waals surface area (Å²) in [7, 11) is 0. The third kappa shape index (κ3) is 4.62. The number of Topliss-reactive ketones (excluding diaryl/α,β-unsaturated/α-hetero) is 1. The molecule has 0 aromatic heterocycles. The van der Waals surface area contributed by atoms with E-state index in [1.807, 2.05) is 55.5 Å². The van der Waals surface area contributed by atoms with Gasteiger partial charge in [0, 0.05) is 21.8 Å². The normalized spacial score (nSPS) is 10.4. The molecule has 0 radical (unpaired) electrons. The van der Waals surface area contributed by atoms with Gasteiger partial charge < -0.3 is 9.84 Å². The minimum absolute atomic E-state index is 0.0132. The summed E-state index contributed by atoms with van der Waals surface area (Å²) in [5.41, 5.74) is 0.759. The van der Waals surface area contributed by atoms with Crippen molar-refractivity contribution >= 4 is 17.5 Å². The van der Waals surface area contributed by atoms with E-state index in [2.05, 4.69) is 0 Å². The maximum Gasteiger partial charge on any atom is 0.162 e. The first kappa shape index (κ1) is 15.6. The van der Waals surface area contributed by atoms with E-state index in [-0.39, 0.29) is 12.4 Å². The third-order valence-corrected chi connectivity index (χ3v) is 3.93. The first-order chi connectivity index (χ1) is 10.2. The van der Waals surface area contributed by atoms with Gasteiger partial charge in [-0.25, -0.2) is 0 Å². The summed E-state index contributed by atoms with van der Waals surface area (Å²) < 4.78 is 5.32. The molecule has 21 heavy (non-hydrogen) atoms. The van der Waals surface area contributed by atoms with Crippen LogP contribution < -0.4 is 4.74 Å². The molecule has 0 fully saturated rings. The zero-order valence-electron chi connectivity index (χ0n) is 11.9. The van der Waals surface area contributed by atoms with Gasteiger partial charge in [-0.15, -0.1) is 0 Å². The number of carbonyl (C=O) groups excluding carboxylic acids is 1. The van der Waals surface area contributed by atoms with E-state index < -0.39 is 0 Å². The Labute approximate surface area is 129 Å². The number of hydrogen-bond acceptors (Lipinski definition) is 4. The van der Waals surface area contributed by atoms with Gasteiger partial charge in [0.2, 0.25) is 0 Å². The van der Waals surface area contributed by atoms with Gasteiger partial charge in [0.05, 0.1) is 6.61 Å². The largest absolute Gasteiger partial charge is 0.491 e. The zero-order chi connectivity index (χ0) is 15.1. The van der Waals surface area contributed by atoms with Crippen molar-refractivity contribution in [3.8, 4) is 5.75 Å². The van der Waals surface area contributed by atoms with Crippen LogP contribution in [0.5, 0.6) is 5.75 Å². The first-order valence-corrected chi connectivity index (χ1v) is 7.69. The van der Waals surface area contributed by atoms with E-state index in [0.29, 0.717) is 13.0 Å². The van der Waals surface area contributed by atoms with Gasteiger partial charge in [0.1, 0.15) is 12.4 Å². The molecule has 0 aliphatic rings. The molecular weight excluding hydrogens is 284 g/mol. The smallest absolute Gasteiger partial charge is 0.162 e. The van der Waals surface area contributed by atoms with Gasteiger partial charge in [-0.2, -0.15) is 0 Å². The lowest BCUT2D eigenvalue weighted by Crippen LogP contribution is -2.01. The summed E-state index contributed by atoms with van der Waals surface area (Å²) in [6.45, 7) is 2.18. The molecule has 2 aromatic rings. The highest BCUT2D eigenvalue weighted by Crippen LogP contribution is 2.29. The van der Waals surface area contributed by atoms with Gasteiger partial charge in [0.15, 0.2) is 5.78 Å². The van der Waals surface area contributed by atoms with Gasteiger partial charge in [-0.05, 0) is 36.4 Å². The SMILES string of the molecule is CCC(=O)c1ccc(Sc2ccc(OCCO)cc2)cc1. The number of aliphatic hydroxyl groups is 1. The van der Waals surface area contributed by atoms with Crippen LogP contribution in [-0.2, 0) is 0 Å². The number of aliphatic hydroxyl groups excluding tert-OH is 1. The van der Waals surface area contributed by atoms with Crippen molar-refractivity contribution in [3.05, 3.63) is 54.1 Å². The summed E-state index contributed by atoms with van der Waals surface area (Å²) in [6.07, 6.45) is 0.530. The topological polar surface area (TPSA) is 46.5 Å². The summed E-state index contributed by atoms with van der Waals surface area (Å²) in [6, 6.07) is 15.4. The predicted octanol–water partition coefficient (Wildman–Crippen LogP) is 3.80. The second-order valence-electron chi connectivity index (χ2n) is 4.45. The highest BCUT2D eigenvalue weighted by molar-refractivity contribution is 7.99. The number of ketones is 1. The van der Waals surface area contributed by atoms with E-state index in [9.17, 15) is 4.79 Å². The third-order valence-electron chi connectivity index (χ3n) is 2.92. The van der Waals surface area contributed by atoms with Crippen LogP contribution in [0.15, 0.2) is 58.3 Å². The second-order valence-corrected chi connectivity index (χ2v) is 5.59. The van der Waals surface area contributed by atoms with Crippen LogP contribution in [0.2, 0.25) is 0 Å². The Balaban J connectivity index is 1.99. The lowest BCUT2D eigenvalue weighted by Gasteiger charge is -2.06. The van der Waals surface area contributed by atoms with Gasteiger partial charge >= 0.3 is 0 Å². The molecule has 0 unspecified atom stereocenters. The molecule has 0 spiro atoms. The van der Waals surface area contributed by atoms with Crippen LogP contribution in [-0.4, -0.2) is 24.1 Å². The van der Waals surface area contributed by atoms with Gasteiger partial charge in [-0.3, -0.25) is 4.79 Å². The monoisotopic (exact) mass is 302 g/mol. The highest BCUT2D eigenvalue weighted by Gasteiger charge is 2.03. The van der Waals surface area contributed by atoms with Crippen molar-refractivity contribution in [2.24, 2.45) is 0 Å². The van der Waals surface area contributed by atoms with E-state index in [4.69, 9.17) is 9.84 Å². The Morgan fingerprint density at radius 3 is 2.14 bits per heavy atom.